The molecule has 2 heterocycles. The highest BCUT2D eigenvalue weighted by Gasteiger charge is 2.79. The van der Waals surface area contributed by atoms with Gasteiger partial charge in [-0.2, -0.15) is 0 Å². The Labute approximate surface area is 125 Å². The zero-order valence-corrected chi connectivity index (χ0v) is 12.8. The van der Waals surface area contributed by atoms with E-state index in [0.717, 1.165) is 17.7 Å². The van der Waals surface area contributed by atoms with Crippen LogP contribution in [0.4, 0.5) is 0 Å². The summed E-state index contributed by atoms with van der Waals surface area (Å²) in [6, 6.07) is 7.84. The van der Waals surface area contributed by atoms with Crippen molar-refractivity contribution < 1.29 is 19.0 Å². The van der Waals surface area contributed by atoms with Crippen molar-refractivity contribution in [3.63, 3.8) is 0 Å². The Balaban J connectivity index is 2.07. The molecule has 3 unspecified atom stereocenters. The molecule has 0 aliphatic carbocycles. The molecule has 0 amide bonds. The second kappa shape index (κ2) is 5.02. The first kappa shape index (κ1) is 14.4. The van der Waals surface area contributed by atoms with E-state index in [2.05, 4.69) is 13.8 Å². The van der Waals surface area contributed by atoms with E-state index in [-0.39, 0.29) is 11.9 Å². The van der Waals surface area contributed by atoms with Crippen LogP contribution >= 0.6 is 0 Å². The number of esters is 1. The van der Waals surface area contributed by atoms with Crippen LogP contribution in [0.3, 0.4) is 0 Å². The highest BCUT2D eigenvalue weighted by atomic mass is 16.7. The predicted molar refractivity (Wildman–Crippen MR) is 78.1 cm³/mol. The van der Waals surface area contributed by atoms with Gasteiger partial charge in [-0.05, 0) is 19.4 Å². The van der Waals surface area contributed by atoms with Crippen LogP contribution in [0.15, 0.2) is 24.3 Å². The summed E-state index contributed by atoms with van der Waals surface area (Å²) < 4.78 is 17.3. The van der Waals surface area contributed by atoms with Gasteiger partial charge in [0, 0.05) is 11.5 Å². The third-order valence-electron chi connectivity index (χ3n) is 4.57. The van der Waals surface area contributed by atoms with Gasteiger partial charge in [0.25, 0.3) is 0 Å². The van der Waals surface area contributed by atoms with Crippen molar-refractivity contribution in [2.75, 3.05) is 13.2 Å². The van der Waals surface area contributed by atoms with E-state index >= 15 is 0 Å². The lowest BCUT2D eigenvalue weighted by molar-refractivity contribution is -0.150. The number of rotatable bonds is 4. The molecule has 2 aliphatic heterocycles. The third kappa shape index (κ3) is 1.81. The number of carbonyl (C=O) groups excluding carboxylic acids is 1. The molecule has 0 saturated carbocycles. The molecule has 3 rings (SSSR count). The lowest BCUT2D eigenvalue weighted by Gasteiger charge is -2.31. The normalized spacial score (nSPS) is 33.2. The first-order chi connectivity index (χ1) is 10.1. The Bertz CT molecular complexity index is 555. The minimum absolute atomic E-state index is 0.114. The van der Waals surface area contributed by atoms with Crippen molar-refractivity contribution in [1.29, 1.82) is 0 Å². The summed E-state index contributed by atoms with van der Waals surface area (Å²) >= 11 is 0. The topological polar surface area (TPSA) is 48.1 Å². The fourth-order valence-electron chi connectivity index (χ4n) is 3.65. The maximum Gasteiger partial charge on any atom is 0.341 e. The van der Waals surface area contributed by atoms with Crippen LogP contribution in [-0.2, 0) is 19.9 Å². The number of benzene rings is 1. The van der Waals surface area contributed by atoms with Crippen molar-refractivity contribution in [2.45, 2.75) is 44.8 Å². The van der Waals surface area contributed by atoms with Gasteiger partial charge in [0.05, 0.1) is 13.2 Å². The molecule has 0 bridgehead atoms. The standard InChI is InChI=1S/C17H22O4/c1-4-10-16(15(18)19-5-2)17(21-16)12(3)11-20-14-9-7-6-8-13(14)17/h6-9,12H,4-5,10-11H2,1-3H3. The Morgan fingerprint density at radius 2 is 2.14 bits per heavy atom. The monoisotopic (exact) mass is 290 g/mol. The lowest BCUT2D eigenvalue weighted by atomic mass is 9.74. The van der Waals surface area contributed by atoms with Gasteiger partial charge in [0.15, 0.2) is 5.60 Å². The molecule has 114 valence electrons. The van der Waals surface area contributed by atoms with Crippen LogP contribution in [0, 0.1) is 5.92 Å². The van der Waals surface area contributed by atoms with Crippen LogP contribution in [0.1, 0.15) is 39.2 Å². The smallest absolute Gasteiger partial charge is 0.341 e. The number of ether oxygens (including phenoxy) is 3. The predicted octanol–water partition coefficient (Wildman–Crippen LogP) is 3.04. The molecule has 4 nitrogen and oxygen atoms in total. The van der Waals surface area contributed by atoms with Gasteiger partial charge in [0.1, 0.15) is 11.4 Å². The molecule has 0 N–H and O–H groups in total. The van der Waals surface area contributed by atoms with Crippen molar-refractivity contribution in [1.82, 2.24) is 0 Å². The second-order valence-electron chi connectivity index (χ2n) is 5.84. The molecule has 2 aliphatic rings. The van der Waals surface area contributed by atoms with Gasteiger partial charge < -0.3 is 14.2 Å². The van der Waals surface area contributed by atoms with Gasteiger partial charge >= 0.3 is 5.97 Å². The molecule has 21 heavy (non-hydrogen) atoms. The highest BCUT2D eigenvalue weighted by Crippen LogP contribution is 2.66. The molecule has 0 aromatic heterocycles. The molecule has 3 atom stereocenters. The molecule has 1 aromatic carbocycles. The first-order valence-corrected chi connectivity index (χ1v) is 7.72. The maximum atomic E-state index is 12.6. The van der Waals surface area contributed by atoms with E-state index in [1.165, 1.54) is 0 Å². The summed E-state index contributed by atoms with van der Waals surface area (Å²) in [6.45, 7) is 6.89. The van der Waals surface area contributed by atoms with Crippen LogP contribution in [0.5, 0.6) is 5.75 Å². The van der Waals surface area contributed by atoms with Gasteiger partial charge in [0.2, 0.25) is 0 Å². The van der Waals surface area contributed by atoms with Crippen molar-refractivity contribution in [2.24, 2.45) is 5.92 Å². The van der Waals surface area contributed by atoms with Crippen LogP contribution in [0.2, 0.25) is 0 Å². The number of hydrogen-bond acceptors (Lipinski definition) is 4. The molecule has 4 heteroatoms. The number of epoxide rings is 1. The Morgan fingerprint density at radius 3 is 2.86 bits per heavy atom. The minimum atomic E-state index is -0.850. The first-order valence-electron chi connectivity index (χ1n) is 7.72. The Hall–Kier alpha value is -1.55. The van der Waals surface area contributed by atoms with E-state index in [1.54, 1.807) is 0 Å². The fraction of sp³-hybridized carbons (Fsp3) is 0.588. The molecule has 1 aromatic rings. The number of carbonyl (C=O) groups is 1. The van der Waals surface area contributed by atoms with E-state index in [0.29, 0.717) is 19.6 Å². The zero-order chi connectivity index (χ0) is 15.1. The van der Waals surface area contributed by atoms with Crippen molar-refractivity contribution in [3.05, 3.63) is 29.8 Å². The quantitative estimate of drug-likeness (QED) is 0.631. The molecular formula is C17H22O4. The molecule has 0 radical (unpaired) electrons. The van der Waals surface area contributed by atoms with Crippen LogP contribution < -0.4 is 4.74 Å². The molecule has 1 saturated heterocycles. The van der Waals surface area contributed by atoms with E-state index < -0.39 is 11.2 Å². The summed E-state index contributed by atoms with van der Waals surface area (Å²) in [6.07, 6.45) is 1.54. The Kier molecular flexibility index (Phi) is 3.44. The zero-order valence-electron chi connectivity index (χ0n) is 12.8. The third-order valence-corrected chi connectivity index (χ3v) is 4.57. The van der Waals surface area contributed by atoms with E-state index in [1.807, 2.05) is 31.2 Å². The summed E-state index contributed by atoms with van der Waals surface area (Å²) in [4.78, 5) is 12.6. The van der Waals surface area contributed by atoms with Crippen molar-refractivity contribution in [3.8, 4) is 5.75 Å². The number of hydrogen-bond donors (Lipinski definition) is 0. The average Bonchev–Trinajstić information content (AvgIpc) is 3.15. The van der Waals surface area contributed by atoms with E-state index in [9.17, 15) is 4.79 Å². The van der Waals surface area contributed by atoms with Gasteiger partial charge in [-0.15, -0.1) is 0 Å². The van der Waals surface area contributed by atoms with Gasteiger partial charge in [-0.25, -0.2) is 4.79 Å². The Morgan fingerprint density at radius 1 is 1.38 bits per heavy atom. The van der Waals surface area contributed by atoms with Crippen LogP contribution in [-0.4, -0.2) is 24.8 Å². The summed E-state index contributed by atoms with van der Waals surface area (Å²) in [5.41, 5.74) is -0.466. The molecule has 1 spiro atoms. The second-order valence-corrected chi connectivity index (χ2v) is 5.84. The lowest BCUT2D eigenvalue weighted by Crippen LogP contribution is -2.42. The molecule has 1 fully saturated rings. The SMILES string of the molecule is CCCC1(C(=O)OCC)OC12c1ccccc1OCC2C. The van der Waals surface area contributed by atoms with Crippen molar-refractivity contribution >= 4 is 5.97 Å². The van der Waals surface area contributed by atoms with Gasteiger partial charge in [-0.1, -0.05) is 38.5 Å². The summed E-state index contributed by atoms with van der Waals surface area (Å²) in [5.74, 6) is 0.691. The summed E-state index contributed by atoms with van der Waals surface area (Å²) in [5, 5.41) is 0. The maximum absolute atomic E-state index is 12.6. The highest BCUT2D eigenvalue weighted by molar-refractivity contribution is 5.86. The van der Waals surface area contributed by atoms with E-state index in [4.69, 9.17) is 14.2 Å². The largest absolute Gasteiger partial charge is 0.493 e. The average molecular weight is 290 g/mol. The fourth-order valence-corrected chi connectivity index (χ4v) is 3.65. The van der Waals surface area contributed by atoms with Gasteiger partial charge in [-0.3, -0.25) is 0 Å². The van der Waals surface area contributed by atoms with Crippen LogP contribution in [0.25, 0.3) is 0 Å². The number of fused-ring (bicyclic) bond motifs is 2. The molecular weight excluding hydrogens is 268 g/mol. The number of para-hydroxylation sites is 1. The summed E-state index contributed by atoms with van der Waals surface area (Å²) in [7, 11) is 0. The minimum Gasteiger partial charge on any atom is -0.493 e.